The van der Waals surface area contributed by atoms with E-state index >= 15 is 0 Å². The number of hydrogen-bond donors (Lipinski definition) is 1. The Hall–Kier alpha value is -2.61. The molecule has 2 aromatic heterocycles. The fourth-order valence-corrected chi connectivity index (χ4v) is 2.74. The van der Waals surface area contributed by atoms with Crippen LogP contribution in [0.2, 0.25) is 0 Å². The van der Waals surface area contributed by atoms with E-state index in [1.807, 2.05) is 16.9 Å². The van der Waals surface area contributed by atoms with Gasteiger partial charge in [-0.05, 0) is 18.4 Å². The first-order valence-corrected chi connectivity index (χ1v) is 8.14. The Morgan fingerprint density at radius 3 is 2.87 bits per heavy atom. The molecular formula is C15H15N5O2S. The van der Waals surface area contributed by atoms with Gasteiger partial charge in [-0.15, -0.1) is 21.9 Å². The quantitative estimate of drug-likeness (QED) is 0.550. The van der Waals surface area contributed by atoms with Gasteiger partial charge in [0.2, 0.25) is 5.88 Å². The Balaban J connectivity index is 1.90. The van der Waals surface area contributed by atoms with Crippen LogP contribution in [0.3, 0.4) is 0 Å². The summed E-state index contributed by atoms with van der Waals surface area (Å²) < 4.78 is 7.68. The minimum atomic E-state index is -0.243. The molecule has 1 aromatic carbocycles. The summed E-state index contributed by atoms with van der Waals surface area (Å²) in [7, 11) is 0. The molecule has 0 amide bonds. The van der Waals surface area contributed by atoms with Gasteiger partial charge in [-0.2, -0.15) is 0 Å². The van der Waals surface area contributed by atoms with Gasteiger partial charge in [-0.1, -0.05) is 30.0 Å². The van der Waals surface area contributed by atoms with Gasteiger partial charge in [0.25, 0.3) is 5.56 Å². The molecular weight excluding hydrogens is 314 g/mol. The molecule has 7 nitrogen and oxygen atoms in total. The molecule has 0 radical (unpaired) electrons. The van der Waals surface area contributed by atoms with Crippen LogP contribution in [-0.2, 0) is 13.2 Å². The summed E-state index contributed by atoms with van der Waals surface area (Å²) in [4.78, 5) is 11.8. The van der Waals surface area contributed by atoms with Crippen molar-refractivity contribution in [2.24, 2.45) is 0 Å². The van der Waals surface area contributed by atoms with Crippen molar-refractivity contribution in [1.29, 1.82) is 0 Å². The van der Waals surface area contributed by atoms with Crippen LogP contribution >= 0.6 is 11.8 Å². The highest BCUT2D eigenvalue weighted by Gasteiger charge is 2.13. The van der Waals surface area contributed by atoms with Gasteiger partial charge in [0.1, 0.15) is 6.61 Å². The van der Waals surface area contributed by atoms with Gasteiger partial charge < -0.3 is 4.74 Å². The third-order valence-electron chi connectivity index (χ3n) is 3.29. The number of aromatic amines is 1. The predicted octanol–water partition coefficient (Wildman–Crippen LogP) is 2.00. The van der Waals surface area contributed by atoms with E-state index in [9.17, 15) is 4.79 Å². The Morgan fingerprint density at radius 2 is 2.13 bits per heavy atom. The molecule has 0 unspecified atom stereocenters. The highest BCUT2D eigenvalue weighted by atomic mass is 32.2. The van der Waals surface area contributed by atoms with Gasteiger partial charge in [-0.25, -0.2) is 5.10 Å². The number of hydrogen-bond acceptors (Lipinski definition) is 6. The molecule has 3 aromatic rings. The van der Waals surface area contributed by atoms with E-state index in [2.05, 4.69) is 27.0 Å². The summed E-state index contributed by atoms with van der Waals surface area (Å²) in [6.07, 6.45) is 3.71. The number of thioether (sulfide) groups is 1. The number of nitrogens with zero attached hydrogens (tertiary/aromatic N) is 4. The lowest BCUT2D eigenvalue weighted by molar-refractivity contribution is 0.278. The zero-order valence-corrected chi connectivity index (χ0v) is 13.3. The maximum atomic E-state index is 11.8. The second-order valence-electron chi connectivity index (χ2n) is 4.69. The summed E-state index contributed by atoms with van der Waals surface area (Å²) in [6, 6.07) is 7.17. The molecule has 0 aliphatic rings. The topological polar surface area (TPSA) is 85.7 Å². The van der Waals surface area contributed by atoms with Crippen LogP contribution in [0.15, 0.2) is 46.9 Å². The second kappa shape index (κ2) is 6.66. The summed E-state index contributed by atoms with van der Waals surface area (Å²) in [6.45, 7) is 4.54. The van der Waals surface area contributed by atoms with Crippen molar-refractivity contribution in [1.82, 2.24) is 25.0 Å². The molecule has 3 rings (SSSR count). The third kappa shape index (κ3) is 2.98. The van der Waals surface area contributed by atoms with Crippen LogP contribution < -0.4 is 10.3 Å². The molecule has 8 heteroatoms. The average molecular weight is 329 g/mol. The van der Waals surface area contributed by atoms with Crippen molar-refractivity contribution < 1.29 is 4.74 Å². The fraction of sp³-hybridized carbons (Fsp3) is 0.200. The lowest BCUT2D eigenvalue weighted by Crippen LogP contribution is -2.12. The maximum Gasteiger partial charge on any atom is 0.272 e. The predicted molar refractivity (Wildman–Crippen MR) is 88.7 cm³/mol. The van der Waals surface area contributed by atoms with Gasteiger partial charge >= 0.3 is 0 Å². The van der Waals surface area contributed by atoms with Crippen molar-refractivity contribution in [3.63, 3.8) is 0 Å². The Labute approximate surface area is 136 Å². The number of H-pyrrole nitrogens is 1. The minimum absolute atomic E-state index is 0.199. The fourth-order valence-electron chi connectivity index (χ4n) is 2.22. The maximum absolute atomic E-state index is 11.8. The first kappa shape index (κ1) is 15.3. The summed E-state index contributed by atoms with van der Waals surface area (Å²) in [5.74, 6) is 1.03. The van der Waals surface area contributed by atoms with E-state index in [4.69, 9.17) is 4.74 Å². The standard InChI is InChI=1S/C15H15N5O2S/c1-3-8-20-12(16-19-15(20)23-2)9-22-14-11-7-5-4-6-10(11)13(21)17-18-14/h3-7H,1,8-9H2,2H3,(H,17,21). The number of nitrogens with one attached hydrogen (secondary N) is 1. The number of rotatable bonds is 6. The number of allylic oxidation sites excluding steroid dienone is 1. The highest BCUT2D eigenvalue weighted by molar-refractivity contribution is 7.98. The molecule has 1 N–H and O–H groups in total. The van der Waals surface area contributed by atoms with Crippen LogP contribution in [0.5, 0.6) is 5.88 Å². The number of ether oxygens (including phenoxy) is 1. The van der Waals surface area contributed by atoms with Crippen LogP contribution in [0, 0.1) is 0 Å². The highest BCUT2D eigenvalue weighted by Crippen LogP contribution is 2.21. The van der Waals surface area contributed by atoms with Crippen LogP contribution in [0.4, 0.5) is 0 Å². The van der Waals surface area contributed by atoms with Gasteiger partial charge in [-0.3, -0.25) is 9.36 Å². The van der Waals surface area contributed by atoms with Gasteiger partial charge in [0.15, 0.2) is 11.0 Å². The third-order valence-corrected chi connectivity index (χ3v) is 3.95. The smallest absolute Gasteiger partial charge is 0.272 e. The average Bonchev–Trinajstić information content (AvgIpc) is 2.97. The van der Waals surface area contributed by atoms with E-state index in [1.165, 1.54) is 11.8 Å². The molecule has 0 spiro atoms. The monoisotopic (exact) mass is 329 g/mol. The number of benzene rings is 1. The van der Waals surface area contributed by atoms with Gasteiger partial charge in [0, 0.05) is 6.54 Å². The molecule has 118 valence electrons. The first-order chi connectivity index (χ1) is 11.2. The van der Waals surface area contributed by atoms with Crippen LogP contribution in [0.25, 0.3) is 10.8 Å². The van der Waals surface area contributed by atoms with Crippen molar-refractivity contribution in [2.75, 3.05) is 6.26 Å². The van der Waals surface area contributed by atoms with Gasteiger partial charge in [0.05, 0.1) is 10.8 Å². The summed E-state index contributed by atoms with van der Waals surface area (Å²) in [5, 5.41) is 16.7. The van der Waals surface area contributed by atoms with Crippen molar-refractivity contribution >= 4 is 22.5 Å². The normalized spacial score (nSPS) is 10.8. The summed E-state index contributed by atoms with van der Waals surface area (Å²) in [5.41, 5.74) is -0.243. The van der Waals surface area contributed by atoms with Crippen molar-refractivity contribution in [3.05, 3.63) is 53.1 Å². The Morgan fingerprint density at radius 1 is 1.35 bits per heavy atom. The molecule has 2 heterocycles. The molecule has 23 heavy (non-hydrogen) atoms. The molecule has 0 saturated heterocycles. The number of fused-ring (bicyclic) bond motifs is 1. The SMILES string of the molecule is C=CCn1c(COc2n[nH]c(=O)c3ccccc23)nnc1SC. The molecule has 0 aliphatic carbocycles. The zero-order valence-electron chi connectivity index (χ0n) is 12.5. The second-order valence-corrected chi connectivity index (χ2v) is 5.47. The minimum Gasteiger partial charge on any atom is -0.468 e. The summed E-state index contributed by atoms with van der Waals surface area (Å²) >= 11 is 1.51. The van der Waals surface area contributed by atoms with E-state index in [-0.39, 0.29) is 12.2 Å². The lowest BCUT2D eigenvalue weighted by atomic mass is 10.2. The molecule has 0 aliphatic heterocycles. The largest absolute Gasteiger partial charge is 0.468 e. The zero-order chi connectivity index (χ0) is 16.2. The van der Waals surface area contributed by atoms with Crippen molar-refractivity contribution in [2.45, 2.75) is 18.3 Å². The molecule has 0 fully saturated rings. The van der Waals surface area contributed by atoms with Crippen LogP contribution in [0.1, 0.15) is 5.82 Å². The van der Waals surface area contributed by atoms with E-state index in [1.54, 1.807) is 24.3 Å². The lowest BCUT2D eigenvalue weighted by Gasteiger charge is -2.09. The van der Waals surface area contributed by atoms with Crippen LogP contribution in [-0.4, -0.2) is 31.2 Å². The number of aromatic nitrogens is 5. The van der Waals surface area contributed by atoms with E-state index in [0.29, 0.717) is 29.0 Å². The molecule has 0 bridgehead atoms. The Bertz CT molecular complexity index is 902. The van der Waals surface area contributed by atoms with E-state index < -0.39 is 0 Å². The molecule has 0 saturated carbocycles. The molecule has 0 atom stereocenters. The Kier molecular flexibility index (Phi) is 4.42. The van der Waals surface area contributed by atoms with E-state index in [0.717, 1.165) is 5.16 Å². The van der Waals surface area contributed by atoms with Crippen molar-refractivity contribution in [3.8, 4) is 5.88 Å². The first-order valence-electron chi connectivity index (χ1n) is 6.91.